The topological polar surface area (TPSA) is 12.0 Å². The van der Waals surface area contributed by atoms with E-state index >= 15 is 0 Å². The maximum absolute atomic E-state index is 13.7. The van der Waals surface area contributed by atoms with Gasteiger partial charge < -0.3 is 5.32 Å². The Morgan fingerprint density at radius 1 is 1.10 bits per heavy atom. The molecule has 0 fully saturated rings. The van der Waals surface area contributed by atoms with Gasteiger partial charge >= 0.3 is 0 Å². The molecule has 106 valence electrons. The Bertz CT molecular complexity index is 616. The van der Waals surface area contributed by atoms with Crippen LogP contribution < -0.4 is 5.32 Å². The molecule has 2 aromatic carbocycles. The van der Waals surface area contributed by atoms with Crippen LogP contribution in [0.15, 0.2) is 36.4 Å². The second-order valence-corrected chi connectivity index (χ2v) is 5.50. The van der Waals surface area contributed by atoms with Crippen molar-refractivity contribution < 1.29 is 4.39 Å². The van der Waals surface area contributed by atoms with E-state index < -0.39 is 5.82 Å². The second kappa shape index (κ2) is 6.77. The summed E-state index contributed by atoms with van der Waals surface area (Å²) in [5.74, 6) is -0.453. The largest absolute Gasteiger partial charge is 0.306 e. The monoisotopic (exact) mass is 331 g/mol. The average Bonchev–Trinajstić information content (AvgIpc) is 2.43. The minimum atomic E-state index is -0.453. The van der Waals surface area contributed by atoms with Crippen LogP contribution in [0, 0.1) is 5.82 Å². The van der Waals surface area contributed by atoms with Crippen molar-refractivity contribution in [3.05, 3.63) is 68.4 Å². The van der Waals surface area contributed by atoms with Crippen LogP contribution in [-0.2, 0) is 0 Å². The highest BCUT2D eigenvalue weighted by Crippen LogP contribution is 2.34. The molecule has 0 aliphatic rings. The van der Waals surface area contributed by atoms with Crippen molar-refractivity contribution in [3.8, 4) is 0 Å². The quantitative estimate of drug-likeness (QED) is 0.781. The maximum atomic E-state index is 13.7. The van der Waals surface area contributed by atoms with Crippen molar-refractivity contribution in [2.24, 2.45) is 0 Å². The first-order chi connectivity index (χ1) is 9.54. The molecule has 1 atom stereocenters. The SMILES string of the molecule is CCNC(c1ccc(Cl)c(F)c1)c1cccc(Cl)c1Cl. The summed E-state index contributed by atoms with van der Waals surface area (Å²) in [6, 6.07) is 9.89. The lowest BCUT2D eigenvalue weighted by Gasteiger charge is -2.21. The molecule has 20 heavy (non-hydrogen) atoms. The van der Waals surface area contributed by atoms with Crippen molar-refractivity contribution in [3.63, 3.8) is 0 Å². The maximum Gasteiger partial charge on any atom is 0.142 e. The molecule has 1 unspecified atom stereocenters. The third-order valence-corrected chi connectivity index (χ3v) is 4.12. The Kier molecular flexibility index (Phi) is 5.28. The first-order valence-corrected chi connectivity index (χ1v) is 7.30. The molecule has 5 heteroatoms. The Labute approximate surface area is 132 Å². The zero-order chi connectivity index (χ0) is 14.7. The van der Waals surface area contributed by atoms with Gasteiger partial charge in [0.2, 0.25) is 0 Å². The lowest BCUT2D eigenvalue weighted by Crippen LogP contribution is -2.22. The van der Waals surface area contributed by atoms with E-state index in [9.17, 15) is 4.39 Å². The van der Waals surface area contributed by atoms with Gasteiger partial charge in [-0.1, -0.05) is 59.9 Å². The molecule has 0 heterocycles. The van der Waals surface area contributed by atoms with E-state index in [0.717, 1.165) is 11.1 Å². The van der Waals surface area contributed by atoms with Gasteiger partial charge in [0.25, 0.3) is 0 Å². The van der Waals surface area contributed by atoms with Crippen LogP contribution in [0.5, 0.6) is 0 Å². The molecule has 0 aromatic heterocycles. The third-order valence-electron chi connectivity index (χ3n) is 2.98. The molecule has 0 aliphatic heterocycles. The molecular formula is C15H13Cl3FN. The number of halogens is 4. The molecule has 0 radical (unpaired) electrons. The van der Waals surface area contributed by atoms with Gasteiger partial charge in [0.15, 0.2) is 0 Å². The molecule has 0 aliphatic carbocycles. The van der Waals surface area contributed by atoms with E-state index in [1.165, 1.54) is 12.1 Å². The third kappa shape index (κ3) is 3.26. The molecule has 0 spiro atoms. The van der Waals surface area contributed by atoms with Gasteiger partial charge in [0.1, 0.15) is 5.82 Å². The van der Waals surface area contributed by atoms with Crippen LogP contribution in [-0.4, -0.2) is 6.54 Å². The molecule has 0 saturated heterocycles. The van der Waals surface area contributed by atoms with E-state index in [4.69, 9.17) is 34.8 Å². The second-order valence-electron chi connectivity index (χ2n) is 4.31. The predicted octanol–water partition coefficient (Wildman–Crippen LogP) is 5.48. The highest BCUT2D eigenvalue weighted by atomic mass is 35.5. The van der Waals surface area contributed by atoms with Crippen LogP contribution in [0.2, 0.25) is 15.1 Å². The Morgan fingerprint density at radius 3 is 2.50 bits per heavy atom. The summed E-state index contributed by atoms with van der Waals surface area (Å²) in [5.41, 5.74) is 1.56. The summed E-state index contributed by atoms with van der Waals surface area (Å²) in [6.07, 6.45) is 0. The van der Waals surface area contributed by atoms with Gasteiger partial charge in [0, 0.05) is 0 Å². The minimum absolute atomic E-state index is 0.0983. The smallest absolute Gasteiger partial charge is 0.142 e. The first kappa shape index (κ1) is 15.6. The summed E-state index contributed by atoms with van der Waals surface area (Å²) >= 11 is 18.0. The highest BCUT2D eigenvalue weighted by Gasteiger charge is 2.18. The van der Waals surface area contributed by atoms with Gasteiger partial charge in [-0.3, -0.25) is 0 Å². The fourth-order valence-corrected chi connectivity index (χ4v) is 2.58. The Balaban J connectivity index is 2.50. The van der Waals surface area contributed by atoms with Gasteiger partial charge in [-0.2, -0.15) is 0 Å². The fourth-order valence-electron chi connectivity index (χ4n) is 2.05. The van der Waals surface area contributed by atoms with Crippen LogP contribution in [0.3, 0.4) is 0 Å². The van der Waals surface area contributed by atoms with Crippen molar-refractivity contribution in [2.75, 3.05) is 6.54 Å². The lowest BCUT2D eigenvalue weighted by atomic mass is 9.98. The van der Waals surface area contributed by atoms with E-state index in [2.05, 4.69) is 5.32 Å². The van der Waals surface area contributed by atoms with Crippen molar-refractivity contribution in [1.29, 1.82) is 0 Å². The van der Waals surface area contributed by atoms with Crippen molar-refractivity contribution >= 4 is 34.8 Å². The Hall–Kier alpha value is -0.800. The molecule has 0 amide bonds. The summed E-state index contributed by atoms with van der Waals surface area (Å²) in [7, 11) is 0. The lowest BCUT2D eigenvalue weighted by molar-refractivity contribution is 0.603. The number of benzene rings is 2. The van der Waals surface area contributed by atoms with Gasteiger partial charge in [0.05, 0.1) is 21.1 Å². The van der Waals surface area contributed by atoms with Crippen molar-refractivity contribution in [1.82, 2.24) is 5.32 Å². The first-order valence-electron chi connectivity index (χ1n) is 6.16. The van der Waals surface area contributed by atoms with Gasteiger partial charge in [-0.05, 0) is 35.9 Å². The molecule has 2 aromatic rings. The fraction of sp³-hybridized carbons (Fsp3) is 0.200. The number of hydrogen-bond acceptors (Lipinski definition) is 1. The molecule has 0 bridgehead atoms. The number of hydrogen-bond donors (Lipinski definition) is 1. The van der Waals surface area contributed by atoms with E-state index in [0.29, 0.717) is 16.6 Å². The predicted molar refractivity (Wildman–Crippen MR) is 83.4 cm³/mol. The molecular weight excluding hydrogens is 320 g/mol. The average molecular weight is 333 g/mol. The Morgan fingerprint density at radius 2 is 1.85 bits per heavy atom. The van der Waals surface area contributed by atoms with Crippen LogP contribution in [0.1, 0.15) is 24.1 Å². The summed E-state index contributed by atoms with van der Waals surface area (Å²) in [5, 5.41) is 4.32. The van der Waals surface area contributed by atoms with E-state index in [1.54, 1.807) is 12.1 Å². The molecule has 2 rings (SSSR count). The van der Waals surface area contributed by atoms with Crippen LogP contribution >= 0.6 is 34.8 Å². The summed E-state index contributed by atoms with van der Waals surface area (Å²) in [6.45, 7) is 2.68. The summed E-state index contributed by atoms with van der Waals surface area (Å²) < 4.78 is 13.7. The van der Waals surface area contributed by atoms with Gasteiger partial charge in [-0.15, -0.1) is 0 Å². The molecule has 1 N–H and O–H groups in total. The highest BCUT2D eigenvalue weighted by molar-refractivity contribution is 6.42. The minimum Gasteiger partial charge on any atom is -0.306 e. The zero-order valence-corrected chi connectivity index (χ0v) is 13.0. The van der Waals surface area contributed by atoms with E-state index in [-0.39, 0.29) is 11.1 Å². The van der Waals surface area contributed by atoms with Crippen molar-refractivity contribution in [2.45, 2.75) is 13.0 Å². The standard InChI is InChI=1S/C15H13Cl3FN/c1-2-20-15(9-6-7-11(16)13(19)8-9)10-4-3-5-12(17)14(10)18/h3-8,15,20H,2H2,1H3. The zero-order valence-electron chi connectivity index (χ0n) is 10.8. The summed E-state index contributed by atoms with van der Waals surface area (Å²) in [4.78, 5) is 0. The number of nitrogens with one attached hydrogen (secondary N) is 1. The van der Waals surface area contributed by atoms with Gasteiger partial charge in [-0.25, -0.2) is 4.39 Å². The molecule has 0 saturated carbocycles. The van der Waals surface area contributed by atoms with Crippen LogP contribution in [0.25, 0.3) is 0 Å². The normalized spacial score (nSPS) is 12.4. The molecule has 1 nitrogen and oxygen atoms in total. The van der Waals surface area contributed by atoms with Crippen LogP contribution in [0.4, 0.5) is 4.39 Å². The number of rotatable bonds is 4. The van der Waals surface area contributed by atoms with E-state index in [1.807, 2.05) is 19.1 Å².